The second-order valence-corrected chi connectivity index (χ2v) is 12.2. The fourth-order valence-electron chi connectivity index (χ4n) is 6.51. The molecule has 7 nitrogen and oxygen atoms in total. The molecule has 0 radical (unpaired) electrons. The first-order valence-electron chi connectivity index (χ1n) is 15.8. The fourth-order valence-corrected chi connectivity index (χ4v) is 6.51. The fraction of sp³-hybridized carbons (Fsp3) is 0.389. The predicted octanol–water partition coefficient (Wildman–Crippen LogP) is 5.66. The molecule has 1 saturated carbocycles. The van der Waals surface area contributed by atoms with Gasteiger partial charge in [-0.1, -0.05) is 42.5 Å². The largest absolute Gasteiger partial charge is 0.496 e. The highest BCUT2D eigenvalue weighted by Crippen LogP contribution is 2.38. The number of nitrogens with zero attached hydrogens (tertiary/aromatic N) is 2. The maximum Gasteiger partial charge on any atom is 0.252 e. The van der Waals surface area contributed by atoms with Crippen molar-refractivity contribution in [2.45, 2.75) is 63.7 Å². The summed E-state index contributed by atoms with van der Waals surface area (Å²) < 4.78 is 52.1. The normalized spacial score (nSPS) is 19.2. The number of hydrogen-bond donors (Lipinski definition) is 1. The van der Waals surface area contributed by atoms with Crippen LogP contribution in [-0.4, -0.2) is 66.5 Å². The summed E-state index contributed by atoms with van der Waals surface area (Å²) in [7, 11) is 1.63. The summed E-state index contributed by atoms with van der Waals surface area (Å²) in [4.78, 5) is 30.8. The van der Waals surface area contributed by atoms with Crippen molar-refractivity contribution in [3.05, 3.63) is 100 Å². The van der Waals surface area contributed by atoms with E-state index in [2.05, 4.69) is 5.32 Å². The maximum atomic E-state index is 14.6. The van der Waals surface area contributed by atoms with Gasteiger partial charge in [-0.3, -0.25) is 9.59 Å². The third-order valence-electron chi connectivity index (χ3n) is 9.02. The summed E-state index contributed by atoms with van der Waals surface area (Å²) in [6.45, 7) is 3.03. The van der Waals surface area contributed by atoms with Crippen molar-refractivity contribution in [3.63, 3.8) is 0 Å². The van der Waals surface area contributed by atoms with Gasteiger partial charge in [0.15, 0.2) is 17.4 Å². The first kappa shape index (κ1) is 31.7. The molecule has 3 aromatic carbocycles. The summed E-state index contributed by atoms with van der Waals surface area (Å²) in [5, 5.41) is 3.62. The zero-order chi connectivity index (χ0) is 32.4. The molecule has 2 heterocycles. The Balaban J connectivity index is 1.23. The number of hydrogen-bond acceptors (Lipinski definition) is 5. The van der Waals surface area contributed by atoms with Gasteiger partial charge < -0.3 is 24.6 Å². The third-order valence-corrected chi connectivity index (χ3v) is 9.02. The Morgan fingerprint density at radius 1 is 0.978 bits per heavy atom. The highest BCUT2D eigenvalue weighted by atomic mass is 19.2. The summed E-state index contributed by atoms with van der Waals surface area (Å²) >= 11 is 0. The standard InChI is InChI=1S/C36H38F3N3O4/c1-22(43)41-20-26-18-28(24-11-9-23(10-12-24)6-5-17-46-35-30(38)16-15-29(37)34(35)39)33(31(21-41)40-26)36(44)42(27-13-14-27)19-25-7-3-4-8-32(25)45-2/h3-4,7-12,15-16,26-27,31,40H,5-6,13-14,17-21H2,1-2H3. The lowest BCUT2D eigenvalue weighted by Crippen LogP contribution is -2.61. The molecule has 3 aromatic rings. The smallest absolute Gasteiger partial charge is 0.252 e. The van der Waals surface area contributed by atoms with Gasteiger partial charge in [-0.2, -0.15) is 4.39 Å². The number of para-hydroxylation sites is 1. The SMILES string of the molecule is COc1ccccc1CN(C(=O)C1=C(c2ccc(CCCOc3c(F)ccc(F)c3F)cc2)CC2CN(C(C)=O)CC1N2)C1CC1. The van der Waals surface area contributed by atoms with Crippen LogP contribution in [0.4, 0.5) is 13.2 Å². The number of rotatable bonds is 11. The molecule has 10 heteroatoms. The topological polar surface area (TPSA) is 71.1 Å². The number of halogens is 3. The maximum absolute atomic E-state index is 14.6. The van der Waals surface area contributed by atoms with Gasteiger partial charge in [0, 0.05) is 49.8 Å². The van der Waals surface area contributed by atoms with E-state index in [-0.39, 0.29) is 36.5 Å². The first-order chi connectivity index (χ1) is 22.2. The second kappa shape index (κ2) is 13.6. The van der Waals surface area contributed by atoms with Crippen LogP contribution in [0.25, 0.3) is 5.57 Å². The number of nitrogens with one attached hydrogen (secondary N) is 1. The van der Waals surface area contributed by atoms with Gasteiger partial charge in [0.25, 0.3) is 5.91 Å². The molecule has 2 aliphatic heterocycles. The molecule has 242 valence electrons. The summed E-state index contributed by atoms with van der Waals surface area (Å²) in [6.07, 6.45) is 3.54. The van der Waals surface area contributed by atoms with Gasteiger partial charge in [-0.05, 0) is 67.0 Å². The van der Waals surface area contributed by atoms with Crippen molar-refractivity contribution in [3.8, 4) is 11.5 Å². The molecule has 46 heavy (non-hydrogen) atoms. The van der Waals surface area contributed by atoms with Crippen LogP contribution in [-0.2, 0) is 22.6 Å². The molecule has 2 amide bonds. The minimum Gasteiger partial charge on any atom is -0.496 e. The van der Waals surface area contributed by atoms with E-state index in [4.69, 9.17) is 9.47 Å². The van der Waals surface area contributed by atoms with E-state index >= 15 is 0 Å². The number of ether oxygens (including phenoxy) is 2. The van der Waals surface area contributed by atoms with Crippen LogP contribution in [0.2, 0.25) is 0 Å². The highest BCUT2D eigenvalue weighted by molar-refractivity contribution is 6.03. The molecule has 0 aromatic heterocycles. The number of benzene rings is 3. The minimum absolute atomic E-state index is 0.00368. The van der Waals surface area contributed by atoms with E-state index in [1.807, 2.05) is 58.3 Å². The lowest BCUT2D eigenvalue weighted by molar-refractivity contribution is -0.132. The predicted molar refractivity (Wildman–Crippen MR) is 168 cm³/mol. The Morgan fingerprint density at radius 3 is 2.43 bits per heavy atom. The zero-order valence-electron chi connectivity index (χ0n) is 26.0. The van der Waals surface area contributed by atoms with Crippen LogP contribution in [0.5, 0.6) is 11.5 Å². The quantitative estimate of drug-likeness (QED) is 0.218. The van der Waals surface area contributed by atoms with Crippen molar-refractivity contribution in [1.82, 2.24) is 15.1 Å². The summed E-state index contributed by atoms with van der Waals surface area (Å²) in [5.74, 6) is -3.42. The molecular weight excluding hydrogens is 595 g/mol. The Labute approximate surface area is 267 Å². The Bertz CT molecular complexity index is 1640. The van der Waals surface area contributed by atoms with Crippen LogP contribution < -0.4 is 14.8 Å². The van der Waals surface area contributed by atoms with Gasteiger partial charge >= 0.3 is 0 Å². The second-order valence-electron chi connectivity index (χ2n) is 12.2. The van der Waals surface area contributed by atoms with Crippen LogP contribution in [0.15, 0.2) is 66.2 Å². The Kier molecular flexibility index (Phi) is 9.35. The molecule has 3 aliphatic rings. The number of carbonyl (C=O) groups excluding carboxylic acids is 2. The summed E-state index contributed by atoms with van der Waals surface area (Å²) in [6, 6.07) is 17.2. The molecule has 1 saturated heterocycles. The van der Waals surface area contributed by atoms with E-state index in [0.717, 1.165) is 53.0 Å². The summed E-state index contributed by atoms with van der Waals surface area (Å²) in [5.41, 5.74) is 4.57. The molecule has 0 spiro atoms. The number of piperazine rings is 1. The molecule has 1 N–H and O–H groups in total. The van der Waals surface area contributed by atoms with Crippen molar-refractivity contribution in [2.24, 2.45) is 0 Å². The van der Waals surface area contributed by atoms with Gasteiger partial charge in [0.05, 0.1) is 19.8 Å². The van der Waals surface area contributed by atoms with E-state index < -0.39 is 23.2 Å². The Hall–Kier alpha value is -4.31. The average molecular weight is 634 g/mol. The van der Waals surface area contributed by atoms with E-state index in [1.165, 1.54) is 0 Å². The van der Waals surface area contributed by atoms with Gasteiger partial charge in [-0.25, -0.2) is 8.78 Å². The average Bonchev–Trinajstić information content (AvgIpc) is 3.90. The van der Waals surface area contributed by atoms with E-state index in [9.17, 15) is 22.8 Å². The van der Waals surface area contributed by atoms with Crippen LogP contribution >= 0.6 is 0 Å². The lowest BCUT2D eigenvalue weighted by atomic mass is 9.82. The highest BCUT2D eigenvalue weighted by Gasteiger charge is 2.43. The number of carbonyl (C=O) groups is 2. The van der Waals surface area contributed by atoms with Crippen molar-refractivity contribution in [1.29, 1.82) is 0 Å². The van der Waals surface area contributed by atoms with Gasteiger partial charge in [0.2, 0.25) is 11.7 Å². The van der Waals surface area contributed by atoms with Crippen molar-refractivity contribution in [2.75, 3.05) is 26.8 Å². The monoisotopic (exact) mass is 633 g/mol. The van der Waals surface area contributed by atoms with Crippen LogP contribution in [0.3, 0.4) is 0 Å². The molecule has 2 bridgehead atoms. The number of methoxy groups -OCH3 is 1. The molecule has 2 fully saturated rings. The molecule has 6 rings (SSSR count). The lowest BCUT2D eigenvalue weighted by Gasteiger charge is -2.44. The van der Waals surface area contributed by atoms with E-state index in [0.29, 0.717) is 44.5 Å². The zero-order valence-corrected chi connectivity index (χ0v) is 26.0. The van der Waals surface area contributed by atoms with Crippen LogP contribution in [0.1, 0.15) is 49.3 Å². The van der Waals surface area contributed by atoms with Crippen LogP contribution in [0, 0.1) is 17.5 Å². The first-order valence-corrected chi connectivity index (χ1v) is 15.8. The van der Waals surface area contributed by atoms with Gasteiger partial charge in [-0.15, -0.1) is 0 Å². The van der Waals surface area contributed by atoms with Crippen molar-refractivity contribution >= 4 is 17.4 Å². The van der Waals surface area contributed by atoms with Gasteiger partial charge in [0.1, 0.15) is 5.75 Å². The molecule has 2 atom stereocenters. The third kappa shape index (κ3) is 6.77. The molecule has 2 unspecified atom stereocenters. The number of amides is 2. The molecule has 1 aliphatic carbocycles. The Morgan fingerprint density at radius 2 is 1.72 bits per heavy atom. The molecular formula is C36H38F3N3O4. The van der Waals surface area contributed by atoms with Crippen molar-refractivity contribution < 1.29 is 32.2 Å². The number of aryl methyl sites for hydroxylation is 1. The minimum atomic E-state index is -1.33. The van der Waals surface area contributed by atoms with E-state index in [1.54, 1.807) is 14.0 Å². The number of fused-ring (bicyclic) bond motifs is 2.